The molecule has 0 bridgehead atoms. The van der Waals surface area contributed by atoms with Crippen LogP contribution in [0.4, 0.5) is 21.2 Å². The van der Waals surface area contributed by atoms with Gasteiger partial charge in [-0.2, -0.15) is 0 Å². The molecule has 0 aliphatic carbocycles. The van der Waals surface area contributed by atoms with Gasteiger partial charge in [0.1, 0.15) is 5.00 Å². The zero-order chi connectivity index (χ0) is 17.8. The predicted molar refractivity (Wildman–Crippen MR) is 110 cm³/mol. The molecule has 0 radical (unpaired) electrons. The van der Waals surface area contributed by atoms with Crippen molar-refractivity contribution < 1.29 is 9.59 Å². The maximum Gasteiger partial charge on any atom is 0.324 e. The van der Waals surface area contributed by atoms with Gasteiger partial charge >= 0.3 is 6.03 Å². The minimum atomic E-state index is -0.318. The first kappa shape index (κ1) is 18.2. The fourth-order valence-corrected chi connectivity index (χ4v) is 4.43. The van der Waals surface area contributed by atoms with E-state index in [2.05, 4.69) is 50.4 Å². The number of amides is 3. The third-order valence-corrected chi connectivity index (χ3v) is 5.97. The molecule has 6 nitrogen and oxygen atoms in total. The SMILES string of the molecule is CCN1CCc2c(sc(NC(=O)Nc3ccc(I)cc3)c2NC=O)C1. The van der Waals surface area contributed by atoms with Gasteiger partial charge in [0.15, 0.2) is 0 Å². The first-order chi connectivity index (χ1) is 12.1. The molecule has 0 unspecified atom stereocenters. The Kier molecular flexibility index (Phi) is 5.92. The number of carbonyl (C=O) groups excluding carboxylic acids is 2. The van der Waals surface area contributed by atoms with E-state index in [4.69, 9.17) is 0 Å². The predicted octanol–water partition coefficient (Wildman–Crippen LogP) is 3.94. The van der Waals surface area contributed by atoms with Gasteiger partial charge in [0.05, 0.1) is 5.69 Å². The zero-order valence-corrected chi connectivity index (χ0v) is 16.7. The van der Waals surface area contributed by atoms with Crippen LogP contribution in [0.15, 0.2) is 24.3 Å². The first-order valence-electron chi connectivity index (χ1n) is 8.01. The summed E-state index contributed by atoms with van der Waals surface area (Å²) in [7, 11) is 0. The van der Waals surface area contributed by atoms with Crippen LogP contribution in [0.5, 0.6) is 0 Å². The molecule has 0 saturated heterocycles. The fourth-order valence-electron chi connectivity index (χ4n) is 2.82. The van der Waals surface area contributed by atoms with Crippen molar-refractivity contribution in [2.45, 2.75) is 19.9 Å². The van der Waals surface area contributed by atoms with Crippen molar-refractivity contribution in [3.63, 3.8) is 0 Å². The Morgan fingerprint density at radius 1 is 1.32 bits per heavy atom. The average molecular weight is 470 g/mol. The van der Waals surface area contributed by atoms with Gasteiger partial charge < -0.3 is 10.6 Å². The number of anilines is 3. The van der Waals surface area contributed by atoms with Crippen LogP contribution in [0.2, 0.25) is 0 Å². The van der Waals surface area contributed by atoms with Crippen molar-refractivity contribution in [3.8, 4) is 0 Å². The highest BCUT2D eigenvalue weighted by Gasteiger charge is 2.24. The summed E-state index contributed by atoms with van der Waals surface area (Å²) in [6, 6.07) is 7.24. The first-order valence-corrected chi connectivity index (χ1v) is 9.91. The summed E-state index contributed by atoms with van der Waals surface area (Å²) in [5, 5.41) is 9.13. The molecular weight excluding hydrogens is 451 g/mol. The lowest BCUT2D eigenvalue weighted by Crippen LogP contribution is -2.29. The minimum absolute atomic E-state index is 0.318. The highest BCUT2D eigenvalue weighted by Crippen LogP contribution is 2.41. The molecule has 132 valence electrons. The van der Waals surface area contributed by atoms with Gasteiger partial charge in [-0.3, -0.25) is 15.0 Å². The van der Waals surface area contributed by atoms with E-state index in [-0.39, 0.29) is 6.03 Å². The van der Waals surface area contributed by atoms with Gasteiger partial charge in [0.25, 0.3) is 0 Å². The maximum absolute atomic E-state index is 12.3. The largest absolute Gasteiger partial charge is 0.326 e. The van der Waals surface area contributed by atoms with Crippen LogP contribution in [-0.2, 0) is 17.8 Å². The van der Waals surface area contributed by atoms with Crippen LogP contribution >= 0.6 is 33.9 Å². The topological polar surface area (TPSA) is 73.5 Å². The standard InChI is InChI=1S/C17H19IN4O2S/c1-2-22-8-7-13-14(9-22)25-16(15(13)19-10-23)21-17(24)20-12-5-3-11(18)4-6-12/h3-6,10H,2,7-9H2,1H3,(H,19,23)(H2,20,21,24). The van der Waals surface area contributed by atoms with Crippen molar-refractivity contribution in [2.24, 2.45) is 0 Å². The summed E-state index contributed by atoms with van der Waals surface area (Å²) in [5.41, 5.74) is 2.58. The molecule has 1 aromatic heterocycles. The normalized spacial score (nSPS) is 13.8. The molecule has 1 aliphatic rings. The lowest BCUT2D eigenvalue weighted by molar-refractivity contribution is -0.105. The number of likely N-dealkylation sites (N-methyl/N-ethyl adjacent to an activating group) is 1. The highest BCUT2D eigenvalue weighted by molar-refractivity contribution is 14.1. The maximum atomic E-state index is 12.3. The molecule has 1 aromatic carbocycles. The molecular formula is C17H19IN4O2S. The number of carbonyl (C=O) groups is 2. The van der Waals surface area contributed by atoms with Crippen LogP contribution in [0.25, 0.3) is 0 Å². The third kappa shape index (κ3) is 4.31. The summed E-state index contributed by atoms with van der Waals surface area (Å²) in [5.74, 6) is 0. The number of hydrogen-bond donors (Lipinski definition) is 3. The van der Waals surface area contributed by atoms with Gasteiger partial charge in [-0.15, -0.1) is 11.3 Å². The smallest absolute Gasteiger partial charge is 0.324 e. The molecule has 0 spiro atoms. The molecule has 2 heterocycles. The Morgan fingerprint density at radius 3 is 2.76 bits per heavy atom. The number of halogens is 1. The Hall–Kier alpha value is -1.65. The second-order valence-electron chi connectivity index (χ2n) is 5.67. The van der Waals surface area contributed by atoms with E-state index in [1.54, 1.807) is 0 Å². The van der Waals surface area contributed by atoms with Crippen LogP contribution in [-0.4, -0.2) is 30.4 Å². The number of nitrogens with one attached hydrogen (secondary N) is 3. The van der Waals surface area contributed by atoms with Crippen molar-refractivity contribution in [2.75, 3.05) is 29.0 Å². The molecule has 3 rings (SSSR count). The summed E-state index contributed by atoms with van der Waals surface area (Å²) in [6.07, 6.45) is 1.53. The Labute approximate surface area is 164 Å². The Morgan fingerprint density at radius 2 is 2.08 bits per heavy atom. The molecule has 2 aromatic rings. The van der Waals surface area contributed by atoms with Crippen LogP contribution < -0.4 is 16.0 Å². The number of rotatable bonds is 5. The Bertz CT molecular complexity index is 776. The molecule has 0 fully saturated rings. The van der Waals surface area contributed by atoms with Crippen molar-refractivity contribution in [1.29, 1.82) is 0 Å². The fraction of sp³-hybridized carbons (Fsp3) is 0.294. The van der Waals surface area contributed by atoms with Crippen molar-refractivity contribution in [1.82, 2.24) is 4.90 Å². The van der Waals surface area contributed by atoms with E-state index in [1.807, 2.05) is 24.3 Å². The number of benzene rings is 1. The second-order valence-corrected chi connectivity index (χ2v) is 8.03. The molecule has 3 amide bonds. The summed E-state index contributed by atoms with van der Waals surface area (Å²) >= 11 is 3.74. The van der Waals surface area contributed by atoms with Gasteiger partial charge in [-0.05, 0) is 65.4 Å². The lowest BCUT2D eigenvalue weighted by Gasteiger charge is -2.25. The van der Waals surface area contributed by atoms with Gasteiger partial charge in [0, 0.05) is 27.2 Å². The minimum Gasteiger partial charge on any atom is -0.326 e. The van der Waals surface area contributed by atoms with E-state index in [9.17, 15) is 9.59 Å². The molecule has 1 aliphatic heterocycles. The van der Waals surface area contributed by atoms with E-state index in [1.165, 1.54) is 16.2 Å². The van der Waals surface area contributed by atoms with Crippen LogP contribution in [0, 0.1) is 3.57 Å². The quantitative estimate of drug-likeness (QED) is 0.458. The lowest BCUT2D eigenvalue weighted by atomic mass is 10.1. The van der Waals surface area contributed by atoms with Gasteiger partial charge in [0.2, 0.25) is 6.41 Å². The van der Waals surface area contributed by atoms with E-state index >= 15 is 0 Å². The zero-order valence-electron chi connectivity index (χ0n) is 13.8. The van der Waals surface area contributed by atoms with Crippen LogP contribution in [0.3, 0.4) is 0 Å². The van der Waals surface area contributed by atoms with Gasteiger partial charge in [-0.25, -0.2) is 4.79 Å². The van der Waals surface area contributed by atoms with Crippen molar-refractivity contribution >= 4 is 62.7 Å². The van der Waals surface area contributed by atoms with Crippen molar-refractivity contribution in [3.05, 3.63) is 38.3 Å². The number of thiophene rings is 1. The van der Waals surface area contributed by atoms with E-state index in [0.29, 0.717) is 11.4 Å². The van der Waals surface area contributed by atoms with E-state index in [0.717, 1.165) is 46.6 Å². The third-order valence-electron chi connectivity index (χ3n) is 4.12. The average Bonchev–Trinajstić information content (AvgIpc) is 2.93. The van der Waals surface area contributed by atoms with E-state index < -0.39 is 0 Å². The molecule has 8 heteroatoms. The number of nitrogens with zero attached hydrogens (tertiary/aromatic N) is 1. The second kappa shape index (κ2) is 8.15. The molecule has 0 saturated carbocycles. The van der Waals surface area contributed by atoms with Crippen LogP contribution in [0.1, 0.15) is 17.4 Å². The Balaban J connectivity index is 1.77. The molecule has 3 N–H and O–H groups in total. The molecule has 25 heavy (non-hydrogen) atoms. The summed E-state index contributed by atoms with van der Waals surface area (Å²) in [6.45, 7) is 4.94. The number of urea groups is 1. The number of fused-ring (bicyclic) bond motifs is 1. The highest BCUT2D eigenvalue weighted by atomic mass is 127. The van der Waals surface area contributed by atoms with Gasteiger partial charge in [-0.1, -0.05) is 6.92 Å². The molecule has 0 atom stereocenters. The summed E-state index contributed by atoms with van der Waals surface area (Å²) < 4.78 is 1.10. The number of hydrogen-bond acceptors (Lipinski definition) is 4. The summed E-state index contributed by atoms with van der Waals surface area (Å²) in [4.78, 5) is 26.8. The monoisotopic (exact) mass is 470 g/mol.